The van der Waals surface area contributed by atoms with Crippen molar-refractivity contribution in [3.05, 3.63) is 12.3 Å². The number of allylic oxidation sites excluding steroid dienone is 1. The number of carbonyl (C=O) groups is 1. The van der Waals surface area contributed by atoms with Gasteiger partial charge in [0, 0.05) is 6.42 Å². The minimum Gasteiger partial charge on any atom is -0.756 e. The van der Waals surface area contributed by atoms with Crippen LogP contribution in [-0.4, -0.2) is 64.1 Å². The van der Waals surface area contributed by atoms with Gasteiger partial charge in [0.1, 0.15) is 19.8 Å². The van der Waals surface area contributed by atoms with Gasteiger partial charge < -0.3 is 27.9 Å². The molecule has 8 nitrogen and oxygen atoms in total. The fraction of sp³-hybridized carbons (Fsp3) is 0.932. The standard InChI is InChI=1S/C44H88NO7P/c1-6-8-10-12-14-16-18-20-21-22-23-24-26-28-30-32-34-36-39-49-41-43(42-51-53(47,48)50-40-38-45(3,4)5)52-44(46)37-35-33-31-29-27-25-19-17-15-13-11-9-7-2/h36,39,43H,6-35,37-38,40-42H2,1-5H3/b39-36-/t43-/m1/s1. The van der Waals surface area contributed by atoms with Gasteiger partial charge in [-0.05, 0) is 25.3 Å². The van der Waals surface area contributed by atoms with Crippen LogP contribution in [0.2, 0.25) is 0 Å². The lowest BCUT2D eigenvalue weighted by atomic mass is 10.0. The Bertz CT molecular complexity index is 863. The van der Waals surface area contributed by atoms with Crippen LogP contribution in [0.3, 0.4) is 0 Å². The molecule has 316 valence electrons. The van der Waals surface area contributed by atoms with Crippen molar-refractivity contribution in [3.8, 4) is 0 Å². The van der Waals surface area contributed by atoms with Gasteiger partial charge in [0.2, 0.25) is 0 Å². The van der Waals surface area contributed by atoms with E-state index < -0.39 is 13.9 Å². The zero-order valence-corrected chi connectivity index (χ0v) is 36.6. The Hall–Kier alpha value is -0.920. The zero-order chi connectivity index (χ0) is 39.1. The molecule has 1 unspecified atom stereocenters. The van der Waals surface area contributed by atoms with Crippen molar-refractivity contribution < 1.29 is 37.3 Å². The summed E-state index contributed by atoms with van der Waals surface area (Å²) in [7, 11) is 1.34. The number of phosphoric ester groups is 1. The minimum absolute atomic E-state index is 0.0202. The van der Waals surface area contributed by atoms with Crippen LogP contribution in [-0.2, 0) is 27.9 Å². The molecule has 0 aliphatic carbocycles. The van der Waals surface area contributed by atoms with Crippen LogP contribution in [0.25, 0.3) is 0 Å². The summed E-state index contributed by atoms with van der Waals surface area (Å²) in [5.74, 6) is -0.353. The summed E-state index contributed by atoms with van der Waals surface area (Å²) in [5.41, 5.74) is 0. The number of hydrogen-bond donors (Lipinski definition) is 0. The number of nitrogens with zero attached hydrogens (tertiary/aromatic N) is 1. The molecule has 0 saturated heterocycles. The zero-order valence-electron chi connectivity index (χ0n) is 35.7. The lowest BCUT2D eigenvalue weighted by Gasteiger charge is -2.28. The van der Waals surface area contributed by atoms with E-state index in [0.717, 1.165) is 32.1 Å². The van der Waals surface area contributed by atoms with Gasteiger partial charge in [-0.25, -0.2) is 0 Å². The molecule has 53 heavy (non-hydrogen) atoms. The molecule has 0 N–H and O–H groups in total. The first-order valence-electron chi connectivity index (χ1n) is 22.5. The molecule has 0 radical (unpaired) electrons. The van der Waals surface area contributed by atoms with Crippen LogP contribution in [0.15, 0.2) is 12.3 Å². The van der Waals surface area contributed by atoms with Crippen molar-refractivity contribution in [2.24, 2.45) is 0 Å². The smallest absolute Gasteiger partial charge is 0.306 e. The molecule has 0 heterocycles. The summed E-state index contributed by atoms with van der Waals surface area (Å²) in [6.45, 7) is 4.77. The monoisotopic (exact) mass is 774 g/mol. The molecule has 0 saturated carbocycles. The van der Waals surface area contributed by atoms with Crippen LogP contribution in [0.1, 0.15) is 213 Å². The Morgan fingerprint density at radius 3 is 1.40 bits per heavy atom. The van der Waals surface area contributed by atoms with Crippen LogP contribution >= 0.6 is 7.82 Å². The van der Waals surface area contributed by atoms with Gasteiger partial charge in [0.15, 0.2) is 6.10 Å². The molecule has 9 heteroatoms. The molecular formula is C44H88NO7P. The fourth-order valence-corrected chi connectivity index (χ4v) is 7.12. The maximum atomic E-state index is 12.6. The molecule has 0 aliphatic heterocycles. The Morgan fingerprint density at radius 2 is 0.981 bits per heavy atom. The average molecular weight is 774 g/mol. The highest BCUT2D eigenvalue weighted by molar-refractivity contribution is 7.45. The van der Waals surface area contributed by atoms with E-state index in [1.54, 1.807) is 6.26 Å². The normalized spacial score (nSPS) is 13.8. The molecule has 0 rings (SSSR count). The largest absolute Gasteiger partial charge is 0.756 e. The van der Waals surface area contributed by atoms with E-state index in [2.05, 4.69) is 13.8 Å². The number of esters is 1. The Balaban J connectivity index is 4.22. The van der Waals surface area contributed by atoms with Crippen molar-refractivity contribution in [2.45, 2.75) is 219 Å². The Kier molecular flexibility index (Phi) is 37.3. The number of carbonyl (C=O) groups excluding carboxylic acids is 1. The summed E-state index contributed by atoms with van der Waals surface area (Å²) >= 11 is 0. The van der Waals surface area contributed by atoms with E-state index in [4.69, 9.17) is 18.5 Å². The highest BCUT2D eigenvalue weighted by Crippen LogP contribution is 2.38. The molecular weight excluding hydrogens is 685 g/mol. The van der Waals surface area contributed by atoms with Crippen molar-refractivity contribution in [3.63, 3.8) is 0 Å². The van der Waals surface area contributed by atoms with Gasteiger partial charge in [-0.15, -0.1) is 0 Å². The molecule has 0 aromatic rings. The fourth-order valence-electron chi connectivity index (χ4n) is 6.40. The number of phosphoric acid groups is 1. The highest BCUT2D eigenvalue weighted by Gasteiger charge is 2.20. The second-order valence-electron chi connectivity index (χ2n) is 16.5. The average Bonchev–Trinajstić information content (AvgIpc) is 3.11. The number of quaternary nitrogens is 1. The Labute approximate surface area is 329 Å². The second kappa shape index (κ2) is 38.0. The summed E-state index contributed by atoms with van der Waals surface area (Å²) in [5, 5.41) is 0. The lowest BCUT2D eigenvalue weighted by molar-refractivity contribution is -0.870. The third-order valence-electron chi connectivity index (χ3n) is 9.91. The molecule has 0 fully saturated rings. The van der Waals surface area contributed by atoms with Crippen molar-refractivity contribution in [2.75, 3.05) is 47.5 Å². The van der Waals surface area contributed by atoms with Gasteiger partial charge in [-0.2, -0.15) is 0 Å². The summed E-state index contributed by atoms with van der Waals surface area (Å²) in [4.78, 5) is 25.0. The molecule has 0 bridgehead atoms. The van der Waals surface area contributed by atoms with Gasteiger partial charge in [0.05, 0.1) is 34.0 Å². The molecule has 0 aromatic carbocycles. The summed E-state index contributed by atoms with van der Waals surface area (Å²) in [6.07, 6.45) is 41.7. The second-order valence-corrected chi connectivity index (χ2v) is 17.9. The van der Waals surface area contributed by atoms with E-state index >= 15 is 0 Å². The summed E-state index contributed by atoms with van der Waals surface area (Å²) < 4.78 is 34.3. The predicted molar refractivity (Wildman–Crippen MR) is 222 cm³/mol. The first-order valence-corrected chi connectivity index (χ1v) is 23.9. The summed E-state index contributed by atoms with van der Waals surface area (Å²) in [6, 6.07) is 0. The number of unbranched alkanes of at least 4 members (excludes halogenated alkanes) is 28. The van der Waals surface area contributed by atoms with Gasteiger partial charge >= 0.3 is 5.97 Å². The van der Waals surface area contributed by atoms with E-state index in [-0.39, 0.29) is 25.8 Å². The first kappa shape index (κ1) is 52.1. The van der Waals surface area contributed by atoms with Gasteiger partial charge in [0.25, 0.3) is 7.82 Å². The van der Waals surface area contributed by atoms with Crippen LogP contribution < -0.4 is 4.89 Å². The van der Waals surface area contributed by atoms with Crippen molar-refractivity contribution in [1.82, 2.24) is 0 Å². The number of ether oxygens (including phenoxy) is 2. The molecule has 0 spiro atoms. The van der Waals surface area contributed by atoms with E-state index in [1.807, 2.05) is 27.2 Å². The maximum Gasteiger partial charge on any atom is 0.306 e. The van der Waals surface area contributed by atoms with Crippen LogP contribution in [0, 0.1) is 0 Å². The van der Waals surface area contributed by atoms with E-state index in [0.29, 0.717) is 17.4 Å². The predicted octanol–water partition coefficient (Wildman–Crippen LogP) is 12.8. The molecule has 2 atom stereocenters. The van der Waals surface area contributed by atoms with Gasteiger partial charge in [-0.1, -0.05) is 187 Å². The van der Waals surface area contributed by atoms with Crippen LogP contribution in [0.4, 0.5) is 0 Å². The van der Waals surface area contributed by atoms with Crippen molar-refractivity contribution in [1.29, 1.82) is 0 Å². The van der Waals surface area contributed by atoms with E-state index in [9.17, 15) is 14.3 Å². The topological polar surface area (TPSA) is 94.1 Å². The molecule has 0 amide bonds. The minimum atomic E-state index is -4.53. The third-order valence-corrected chi connectivity index (χ3v) is 10.9. The highest BCUT2D eigenvalue weighted by atomic mass is 31.2. The quantitative estimate of drug-likeness (QED) is 0.0200. The number of rotatable bonds is 42. The van der Waals surface area contributed by atoms with Crippen LogP contribution in [0.5, 0.6) is 0 Å². The van der Waals surface area contributed by atoms with E-state index in [1.165, 1.54) is 161 Å². The number of likely N-dealkylation sites (N-methyl/N-ethyl adjacent to an activating group) is 1. The third kappa shape index (κ3) is 42.1. The molecule has 0 aliphatic rings. The molecule has 0 aromatic heterocycles. The van der Waals surface area contributed by atoms with Gasteiger partial charge in [-0.3, -0.25) is 9.36 Å². The first-order chi connectivity index (χ1) is 25.6. The SMILES string of the molecule is CCCCCCCCCCCCCCCCCC/C=C\OC[C@H](COP(=O)([O-])OCC[N+](C)(C)C)OC(=O)CCCCCCCCCCCCCCC. The maximum absolute atomic E-state index is 12.6. The Morgan fingerprint density at radius 1 is 0.585 bits per heavy atom. The lowest BCUT2D eigenvalue weighted by Crippen LogP contribution is -2.37. The number of hydrogen-bond acceptors (Lipinski definition) is 7. The van der Waals surface area contributed by atoms with Crippen molar-refractivity contribution >= 4 is 13.8 Å².